The first-order chi connectivity index (χ1) is 15.7. The summed E-state index contributed by atoms with van der Waals surface area (Å²) in [6.07, 6.45) is 1.68. The molecule has 1 amide bonds. The molecule has 2 atom stereocenters. The molecule has 0 spiro atoms. The van der Waals surface area contributed by atoms with Crippen LogP contribution in [0.15, 0.2) is 54.6 Å². The zero-order valence-corrected chi connectivity index (χ0v) is 18.3. The highest BCUT2D eigenvalue weighted by Crippen LogP contribution is 2.26. The van der Waals surface area contributed by atoms with Crippen LogP contribution in [0.25, 0.3) is 0 Å². The highest BCUT2D eigenvalue weighted by Gasteiger charge is 2.12. The predicted octanol–water partition coefficient (Wildman–Crippen LogP) is 1.94. The number of amides is 1. The summed E-state index contributed by atoms with van der Waals surface area (Å²) in [5.74, 6) is -1.73. The molecule has 6 N–H and O–H groups in total. The predicted molar refractivity (Wildman–Crippen MR) is 121 cm³/mol. The molecule has 10 heteroatoms. The van der Waals surface area contributed by atoms with Gasteiger partial charge in [0.25, 0.3) is 0 Å². The summed E-state index contributed by atoms with van der Waals surface area (Å²) in [5, 5.41) is 41.3. The van der Waals surface area contributed by atoms with Crippen molar-refractivity contribution >= 4 is 24.0 Å². The number of carboxylic acids is 2. The zero-order valence-electron chi connectivity index (χ0n) is 18.3. The molecule has 0 bridgehead atoms. The second kappa shape index (κ2) is 14.2. The Morgan fingerprint density at radius 1 is 1.06 bits per heavy atom. The molecular weight excluding hydrogens is 432 g/mol. The highest BCUT2D eigenvalue weighted by molar-refractivity contribution is 5.89. The van der Waals surface area contributed by atoms with Crippen LogP contribution in [0.2, 0.25) is 0 Å². The monoisotopic (exact) mass is 460 g/mol. The Kier molecular flexibility index (Phi) is 11.7. The molecule has 0 fully saturated rings. The third-order valence-corrected chi connectivity index (χ3v) is 4.35. The van der Waals surface area contributed by atoms with Crippen LogP contribution >= 0.6 is 0 Å². The van der Waals surface area contributed by atoms with Crippen molar-refractivity contribution in [1.82, 2.24) is 5.32 Å². The molecule has 0 unspecified atom stereocenters. The molecule has 0 aliphatic carbocycles. The fourth-order valence-corrected chi connectivity index (χ4v) is 2.70. The van der Waals surface area contributed by atoms with Gasteiger partial charge in [0.1, 0.15) is 11.5 Å². The number of carbonyl (C=O) groups excluding carboxylic acids is 1. The summed E-state index contributed by atoms with van der Waals surface area (Å²) in [6, 6.07) is 12.7. The van der Waals surface area contributed by atoms with Gasteiger partial charge in [0, 0.05) is 24.7 Å². The van der Waals surface area contributed by atoms with Crippen molar-refractivity contribution in [2.24, 2.45) is 0 Å². The molecule has 0 saturated carbocycles. The number of phenolic OH excluding ortho intramolecular Hbond substituents is 1. The Hall–Kier alpha value is -3.89. The average Bonchev–Trinajstić information content (AvgIpc) is 2.78. The number of benzene rings is 2. The molecule has 0 saturated heterocycles. The van der Waals surface area contributed by atoms with Crippen molar-refractivity contribution in [3.63, 3.8) is 0 Å². The molecule has 0 heterocycles. The molecule has 2 rings (SSSR count). The molecule has 0 radical (unpaired) electrons. The molecule has 2 aromatic rings. The number of rotatable bonds is 11. The van der Waals surface area contributed by atoms with Crippen molar-refractivity contribution in [1.29, 1.82) is 0 Å². The number of hydrogen-bond acceptors (Lipinski definition) is 7. The van der Waals surface area contributed by atoms with Gasteiger partial charge in [-0.3, -0.25) is 4.79 Å². The summed E-state index contributed by atoms with van der Waals surface area (Å²) in [5.41, 5.74) is 2.07. The number of phenols is 1. The molecule has 178 valence electrons. The second-order valence-corrected chi connectivity index (χ2v) is 6.93. The SMILES string of the molecule is COc1ccc(C[C@@H](C)NC[C@H](O)c2ccc(O)c(NC=O)c2)cc1.O=C(O)/C=C\C(=O)O. The number of carbonyl (C=O) groups is 3. The van der Waals surface area contributed by atoms with E-state index in [9.17, 15) is 24.6 Å². The minimum absolute atomic E-state index is 0.0381. The van der Waals surface area contributed by atoms with Gasteiger partial charge < -0.3 is 35.8 Å². The molecule has 33 heavy (non-hydrogen) atoms. The van der Waals surface area contributed by atoms with E-state index < -0.39 is 18.0 Å². The number of aliphatic hydroxyl groups is 1. The first-order valence-electron chi connectivity index (χ1n) is 9.87. The van der Waals surface area contributed by atoms with Gasteiger partial charge in [-0.1, -0.05) is 18.2 Å². The van der Waals surface area contributed by atoms with Gasteiger partial charge in [-0.25, -0.2) is 9.59 Å². The van der Waals surface area contributed by atoms with Crippen LogP contribution in [0.5, 0.6) is 11.5 Å². The quantitative estimate of drug-likeness (QED) is 0.167. The van der Waals surface area contributed by atoms with E-state index in [1.54, 1.807) is 19.2 Å². The lowest BCUT2D eigenvalue weighted by Gasteiger charge is -2.18. The number of aromatic hydroxyl groups is 1. The van der Waals surface area contributed by atoms with Gasteiger partial charge in [0.15, 0.2) is 0 Å². The second-order valence-electron chi connectivity index (χ2n) is 6.93. The maximum atomic E-state index is 10.5. The van der Waals surface area contributed by atoms with Gasteiger partial charge in [0.05, 0.1) is 18.9 Å². The lowest BCUT2D eigenvalue weighted by atomic mass is 10.1. The van der Waals surface area contributed by atoms with Crippen molar-refractivity contribution in [3.05, 3.63) is 65.7 Å². The van der Waals surface area contributed by atoms with Gasteiger partial charge in [-0.15, -0.1) is 0 Å². The van der Waals surface area contributed by atoms with E-state index in [1.165, 1.54) is 11.6 Å². The first-order valence-corrected chi connectivity index (χ1v) is 9.87. The normalized spacial score (nSPS) is 12.2. The largest absolute Gasteiger partial charge is 0.506 e. The van der Waals surface area contributed by atoms with Crippen LogP contribution in [0.1, 0.15) is 24.2 Å². The van der Waals surface area contributed by atoms with Crippen molar-refractivity contribution in [2.75, 3.05) is 19.0 Å². The van der Waals surface area contributed by atoms with E-state index in [2.05, 4.69) is 10.6 Å². The van der Waals surface area contributed by atoms with Crippen LogP contribution in [0.4, 0.5) is 5.69 Å². The average molecular weight is 460 g/mol. The Bertz CT molecular complexity index is 928. The lowest BCUT2D eigenvalue weighted by Crippen LogP contribution is -2.32. The van der Waals surface area contributed by atoms with Crippen molar-refractivity contribution in [2.45, 2.75) is 25.5 Å². The smallest absolute Gasteiger partial charge is 0.328 e. The number of methoxy groups -OCH3 is 1. The molecule has 0 aliphatic heterocycles. The molecule has 10 nitrogen and oxygen atoms in total. The Morgan fingerprint density at radius 2 is 1.67 bits per heavy atom. The number of anilines is 1. The Labute approximate surface area is 191 Å². The van der Waals surface area contributed by atoms with Gasteiger partial charge in [-0.2, -0.15) is 0 Å². The third kappa shape index (κ3) is 10.8. The van der Waals surface area contributed by atoms with Gasteiger partial charge in [-0.05, 0) is 48.7 Å². The molecule has 0 aliphatic rings. The fourth-order valence-electron chi connectivity index (χ4n) is 2.70. The topological polar surface area (TPSA) is 165 Å². The van der Waals surface area contributed by atoms with E-state index in [1.807, 2.05) is 31.2 Å². The number of aliphatic carboxylic acids is 2. The zero-order chi connectivity index (χ0) is 24.8. The first kappa shape index (κ1) is 27.1. The summed E-state index contributed by atoms with van der Waals surface area (Å²) in [4.78, 5) is 29.6. The van der Waals surface area contributed by atoms with Crippen LogP contribution in [-0.2, 0) is 20.8 Å². The minimum Gasteiger partial charge on any atom is -0.506 e. The maximum absolute atomic E-state index is 10.5. The summed E-state index contributed by atoms with van der Waals surface area (Å²) in [7, 11) is 1.64. The summed E-state index contributed by atoms with van der Waals surface area (Å²) < 4.78 is 5.14. The third-order valence-electron chi connectivity index (χ3n) is 4.35. The van der Waals surface area contributed by atoms with E-state index in [4.69, 9.17) is 14.9 Å². The fraction of sp³-hybridized carbons (Fsp3) is 0.261. The Morgan fingerprint density at radius 3 is 2.18 bits per heavy atom. The van der Waals surface area contributed by atoms with Crippen molar-refractivity contribution < 1.29 is 39.5 Å². The van der Waals surface area contributed by atoms with E-state index in [0.29, 0.717) is 30.7 Å². The van der Waals surface area contributed by atoms with Crippen LogP contribution in [0, 0.1) is 0 Å². The maximum Gasteiger partial charge on any atom is 0.328 e. The van der Waals surface area contributed by atoms with Gasteiger partial charge in [0.2, 0.25) is 6.41 Å². The number of hydrogen-bond donors (Lipinski definition) is 6. The molecule has 0 aromatic heterocycles. The van der Waals surface area contributed by atoms with E-state index >= 15 is 0 Å². The standard InChI is InChI=1S/C19H24N2O4.C4H4O4/c1-13(9-14-3-6-16(25-2)7-4-14)20-11-19(24)15-5-8-18(23)17(10-15)21-12-22;5-3(6)1-2-4(7)8/h3-8,10,12-13,19-20,23-24H,9,11H2,1-2H3,(H,21,22);1-2H,(H,5,6)(H,7,8)/b;2-1-/t13-,19+;/m1./s1. The summed E-state index contributed by atoms with van der Waals surface area (Å²) in [6.45, 7) is 2.41. The molecular formula is C23H28N2O8. The highest BCUT2D eigenvalue weighted by atomic mass is 16.5. The minimum atomic E-state index is -1.26. The van der Waals surface area contributed by atoms with Gasteiger partial charge >= 0.3 is 11.9 Å². The Balaban J connectivity index is 0.000000582. The van der Waals surface area contributed by atoms with Crippen LogP contribution < -0.4 is 15.4 Å². The van der Waals surface area contributed by atoms with E-state index in [-0.39, 0.29) is 17.5 Å². The van der Waals surface area contributed by atoms with Crippen LogP contribution in [-0.4, -0.2) is 58.5 Å². The number of aliphatic hydroxyl groups excluding tert-OH is 1. The number of nitrogens with one attached hydrogen (secondary N) is 2. The lowest BCUT2D eigenvalue weighted by molar-refractivity contribution is -0.134. The summed E-state index contributed by atoms with van der Waals surface area (Å²) >= 11 is 0. The molecule has 2 aromatic carbocycles. The van der Waals surface area contributed by atoms with E-state index in [0.717, 1.165) is 12.2 Å². The van der Waals surface area contributed by atoms with Crippen LogP contribution in [0.3, 0.4) is 0 Å². The number of carboxylic acid groups (broad SMARTS) is 2. The van der Waals surface area contributed by atoms with Crippen molar-refractivity contribution in [3.8, 4) is 11.5 Å². The number of ether oxygens (including phenoxy) is 1.